The van der Waals surface area contributed by atoms with Crippen molar-refractivity contribution in [2.24, 2.45) is 5.10 Å². The number of benzene rings is 3. The Morgan fingerprint density at radius 2 is 1.77 bits per heavy atom. The number of halogens is 2. The van der Waals surface area contributed by atoms with Crippen molar-refractivity contribution in [3.05, 3.63) is 104 Å². The lowest BCUT2D eigenvalue weighted by atomic mass is 10.2. The summed E-state index contributed by atoms with van der Waals surface area (Å²) in [5.74, 6) is -0.983. The number of nitro groups is 1. The molecule has 31 heavy (non-hydrogen) atoms. The summed E-state index contributed by atoms with van der Waals surface area (Å²) in [4.78, 5) is 34.5. The lowest BCUT2D eigenvalue weighted by Gasteiger charge is -2.05. The SMILES string of the molecule is O=C(Oc1ccc(/C=N\NC(=O)c2ccc(Cl)cc2Cl)cc1)c1cccc([N+](=O)[O-])c1. The second-order valence-corrected chi connectivity index (χ2v) is 6.93. The van der Waals surface area contributed by atoms with E-state index in [4.69, 9.17) is 27.9 Å². The number of carbonyl (C=O) groups excluding carboxylic acids is 2. The third kappa shape index (κ3) is 5.88. The fourth-order valence-electron chi connectivity index (χ4n) is 2.43. The fourth-order valence-corrected chi connectivity index (χ4v) is 2.93. The van der Waals surface area contributed by atoms with Gasteiger partial charge in [0.15, 0.2) is 0 Å². The standard InChI is InChI=1S/C21H13Cl2N3O5/c22-15-6-9-18(19(23)11-15)20(27)25-24-12-13-4-7-17(8-5-13)31-21(28)14-2-1-3-16(10-14)26(29)30/h1-12H,(H,25,27)/b24-12-. The number of carbonyl (C=O) groups is 2. The van der Waals surface area contributed by atoms with Crippen molar-refractivity contribution < 1.29 is 19.2 Å². The highest BCUT2D eigenvalue weighted by molar-refractivity contribution is 6.36. The highest BCUT2D eigenvalue weighted by atomic mass is 35.5. The van der Waals surface area contributed by atoms with Crippen LogP contribution in [0, 0.1) is 10.1 Å². The summed E-state index contributed by atoms with van der Waals surface area (Å²) in [5.41, 5.74) is 3.06. The molecular formula is C21H13Cl2N3O5. The summed E-state index contributed by atoms with van der Waals surface area (Å²) in [7, 11) is 0. The van der Waals surface area contributed by atoms with Gasteiger partial charge in [-0.05, 0) is 54.1 Å². The zero-order valence-corrected chi connectivity index (χ0v) is 17.1. The highest BCUT2D eigenvalue weighted by Crippen LogP contribution is 2.21. The maximum Gasteiger partial charge on any atom is 0.343 e. The number of hydrazone groups is 1. The number of ether oxygens (including phenoxy) is 1. The average molecular weight is 458 g/mol. The molecule has 0 unspecified atom stereocenters. The quantitative estimate of drug-likeness (QED) is 0.186. The molecule has 0 bridgehead atoms. The molecule has 3 rings (SSSR count). The van der Waals surface area contributed by atoms with Crippen molar-refractivity contribution in [1.82, 2.24) is 5.43 Å². The van der Waals surface area contributed by atoms with Crippen LogP contribution >= 0.6 is 23.2 Å². The fraction of sp³-hybridized carbons (Fsp3) is 0. The summed E-state index contributed by atoms with van der Waals surface area (Å²) in [5, 5.41) is 15.3. The van der Waals surface area contributed by atoms with E-state index in [0.717, 1.165) is 6.07 Å². The predicted molar refractivity (Wildman–Crippen MR) is 116 cm³/mol. The van der Waals surface area contributed by atoms with Crippen molar-refractivity contribution >= 4 is 47.0 Å². The van der Waals surface area contributed by atoms with Crippen molar-refractivity contribution in [3.8, 4) is 5.75 Å². The van der Waals surface area contributed by atoms with Crippen LogP contribution in [0.2, 0.25) is 10.0 Å². The maximum absolute atomic E-state index is 12.2. The van der Waals surface area contributed by atoms with Crippen molar-refractivity contribution in [2.45, 2.75) is 0 Å². The Kier molecular flexibility index (Phi) is 6.96. The van der Waals surface area contributed by atoms with Crippen LogP contribution in [0.15, 0.2) is 71.8 Å². The molecule has 0 aliphatic carbocycles. The molecule has 1 N–H and O–H groups in total. The minimum atomic E-state index is -0.725. The minimum Gasteiger partial charge on any atom is -0.423 e. The van der Waals surface area contributed by atoms with Gasteiger partial charge in [-0.3, -0.25) is 14.9 Å². The van der Waals surface area contributed by atoms with E-state index in [9.17, 15) is 19.7 Å². The second kappa shape index (κ2) is 9.84. The van der Waals surface area contributed by atoms with E-state index in [2.05, 4.69) is 10.5 Å². The highest BCUT2D eigenvalue weighted by Gasteiger charge is 2.13. The van der Waals surface area contributed by atoms with E-state index in [1.165, 1.54) is 48.7 Å². The Labute approximate surface area is 186 Å². The van der Waals surface area contributed by atoms with Gasteiger partial charge in [0.2, 0.25) is 0 Å². The number of hydrogen-bond donors (Lipinski definition) is 1. The monoisotopic (exact) mass is 457 g/mol. The van der Waals surface area contributed by atoms with Gasteiger partial charge in [-0.15, -0.1) is 0 Å². The van der Waals surface area contributed by atoms with E-state index < -0.39 is 16.8 Å². The lowest BCUT2D eigenvalue weighted by Crippen LogP contribution is -2.18. The molecule has 10 heteroatoms. The molecule has 0 aromatic heterocycles. The average Bonchev–Trinajstić information content (AvgIpc) is 2.75. The Balaban J connectivity index is 1.59. The summed E-state index contributed by atoms with van der Waals surface area (Å²) < 4.78 is 5.21. The van der Waals surface area contributed by atoms with Gasteiger partial charge in [-0.2, -0.15) is 5.10 Å². The number of nitro benzene ring substituents is 1. The van der Waals surface area contributed by atoms with Gasteiger partial charge in [0.25, 0.3) is 11.6 Å². The first kappa shape index (κ1) is 21.9. The molecule has 8 nitrogen and oxygen atoms in total. The normalized spacial score (nSPS) is 10.6. The number of rotatable bonds is 6. The Morgan fingerprint density at radius 3 is 2.45 bits per heavy atom. The first-order chi connectivity index (χ1) is 14.8. The van der Waals surface area contributed by atoms with E-state index >= 15 is 0 Å². The predicted octanol–water partition coefficient (Wildman–Crippen LogP) is 4.88. The zero-order chi connectivity index (χ0) is 22.4. The van der Waals surface area contributed by atoms with Crippen LogP contribution in [0.1, 0.15) is 26.3 Å². The molecule has 3 aromatic rings. The number of nitrogens with one attached hydrogen (secondary N) is 1. The van der Waals surface area contributed by atoms with Gasteiger partial charge >= 0.3 is 5.97 Å². The molecule has 0 spiro atoms. The molecule has 0 aliphatic heterocycles. The van der Waals surface area contributed by atoms with Crippen LogP contribution in [0.25, 0.3) is 0 Å². The second-order valence-electron chi connectivity index (χ2n) is 6.09. The molecule has 0 saturated heterocycles. The molecule has 0 radical (unpaired) electrons. The summed E-state index contributed by atoms with van der Waals surface area (Å²) >= 11 is 11.8. The number of esters is 1. The van der Waals surface area contributed by atoms with Gasteiger partial charge in [0.1, 0.15) is 5.75 Å². The third-order valence-corrected chi connectivity index (χ3v) is 4.49. The van der Waals surface area contributed by atoms with Gasteiger partial charge in [0, 0.05) is 17.2 Å². The van der Waals surface area contributed by atoms with Crippen molar-refractivity contribution in [2.75, 3.05) is 0 Å². The summed E-state index contributed by atoms with van der Waals surface area (Å²) in [6, 6.07) is 16.0. The number of non-ortho nitro benzene ring substituents is 1. The maximum atomic E-state index is 12.2. The number of nitrogens with zero attached hydrogens (tertiary/aromatic N) is 2. The summed E-state index contributed by atoms with van der Waals surface area (Å²) in [6.45, 7) is 0. The largest absolute Gasteiger partial charge is 0.423 e. The van der Waals surface area contributed by atoms with Crippen LogP contribution in [0.3, 0.4) is 0 Å². The van der Waals surface area contributed by atoms with E-state index in [1.807, 2.05) is 0 Å². The Bertz CT molecular complexity index is 1180. The third-order valence-electron chi connectivity index (χ3n) is 3.94. The van der Waals surface area contributed by atoms with Crippen LogP contribution in [0.5, 0.6) is 5.75 Å². The molecule has 0 saturated carbocycles. The smallest absolute Gasteiger partial charge is 0.343 e. The number of amides is 1. The van der Waals surface area contributed by atoms with Gasteiger partial charge in [-0.1, -0.05) is 29.3 Å². The molecule has 0 heterocycles. The Hall–Kier alpha value is -3.75. The Morgan fingerprint density at radius 1 is 1.03 bits per heavy atom. The first-order valence-electron chi connectivity index (χ1n) is 8.68. The molecule has 0 atom stereocenters. The molecule has 0 fully saturated rings. The topological polar surface area (TPSA) is 111 Å². The first-order valence-corrected chi connectivity index (χ1v) is 9.44. The van der Waals surface area contributed by atoms with Crippen LogP contribution < -0.4 is 10.2 Å². The van der Waals surface area contributed by atoms with Gasteiger partial charge < -0.3 is 4.74 Å². The van der Waals surface area contributed by atoms with E-state index in [0.29, 0.717) is 10.6 Å². The van der Waals surface area contributed by atoms with Crippen LogP contribution in [-0.2, 0) is 0 Å². The molecular weight excluding hydrogens is 445 g/mol. The molecule has 3 aromatic carbocycles. The van der Waals surface area contributed by atoms with Crippen molar-refractivity contribution in [1.29, 1.82) is 0 Å². The van der Waals surface area contributed by atoms with Crippen LogP contribution in [-0.4, -0.2) is 23.0 Å². The van der Waals surface area contributed by atoms with Gasteiger partial charge in [-0.25, -0.2) is 10.2 Å². The molecule has 0 aliphatic rings. The van der Waals surface area contributed by atoms with E-state index in [1.54, 1.807) is 18.2 Å². The lowest BCUT2D eigenvalue weighted by molar-refractivity contribution is -0.384. The van der Waals surface area contributed by atoms with E-state index in [-0.39, 0.29) is 27.6 Å². The zero-order valence-electron chi connectivity index (χ0n) is 15.6. The summed E-state index contributed by atoms with van der Waals surface area (Å²) in [6.07, 6.45) is 1.40. The van der Waals surface area contributed by atoms with Crippen LogP contribution in [0.4, 0.5) is 5.69 Å². The molecule has 1 amide bonds. The van der Waals surface area contributed by atoms with Crippen molar-refractivity contribution in [3.63, 3.8) is 0 Å². The number of hydrogen-bond acceptors (Lipinski definition) is 6. The minimum absolute atomic E-state index is 0.0587. The molecule has 156 valence electrons. The van der Waals surface area contributed by atoms with Gasteiger partial charge in [0.05, 0.1) is 27.3 Å².